The first-order valence-electron chi connectivity index (χ1n) is 6.41. The monoisotopic (exact) mass is 344 g/mol. The topological polar surface area (TPSA) is 59.8 Å². The maximum atomic E-state index is 12.4. The maximum absolute atomic E-state index is 12.4. The van der Waals surface area contributed by atoms with Gasteiger partial charge in [-0.1, -0.05) is 22.0 Å². The first-order valence-corrected chi connectivity index (χ1v) is 7.20. The largest absolute Gasteiger partial charge is 0.320 e. The van der Waals surface area contributed by atoms with Gasteiger partial charge < -0.3 is 5.32 Å². The molecule has 0 saturated carbocycles. The predicted octanol–water partition coefficient (Wildman–Crippen LogP) is 3.29. The Kier molecular flexibility index (Phi) is 3.47. The van der Waals surface area contributed by atoms with Crippen LogP contribution in [0, 0.1) is 6.92 Å². The summed E-state index contributed by atoms with van der Waals surface area (Å²) in [5.74, 6) is -0.185. The van der Waals surface area contributed by atoms with Crippen LogP contribution in [-0.4, -0.2) is 20.7 Å². The average molecular weight is 345 g/mol. The van der Waals surface area contributed by atoms with E-state index in [2.05, 4.69) is 31.3 Å². The van der Waals surface area contributed by atoms with Gasteiger partial charge >= 0.3 is 0 Å². The van der Waals surface area contributed by atoms with Gasteiger partial charge in [0.25, 0.3) is 5.91 Å². The number of hydrogen-bond donors (Lipinski definition) is 1. The number of nitrogens with one attached hydrogen (secondary N) is 1. The summed E-state index contributed by atoms with van der Waals surface area (Å²) >= 11 is 3.49. The van der Waals surface area contributed by atoms with Gasteiger partial charge in [0.15, 0.2) is 0 Å². The van der Waals surface area contributed by atoms with Crippen LogP contribution in [0.25, 0.3) is 10.9 Å². The van der Waals surface area contributed by atoms with E-state index in [0.29, 0.717) is 11.3 Å². The summed E-state index contributed by atoms with van der Waals surface area (Å²) in [5, 5.41) is 7.95. The van der Waals surface area contributed by atoms with Crippen molar-refractivity contribution in [3.8, 4) is 0 Å². The van der Waals surface area contributed by atoms with E-state index in [1.54, 1.807) is 17.1 Å². The SMILES string of the molecule is Cc1c(C(=O)Nc2ccc(Br)c3cccnc23)cnn1C. The van der Waals surface area contributed by atoms with Crippen molar-refractivity contribution in [1.82, 2.24) is 14.8 Å². The van der Waals surface area contributed by atoms with Gasteiger partial charge in [0.2, 0.25) is 0 Å². The molecule has 6 heteroatoms. The standard InChI is InChI=1S/C15H13BrN4O/c1-9-11(8-18-20(9)2)15(21)19-13-6-5-12(16)10-4-3-7-17-14(10)13/h3-8H,1-2H3,(H,19,21). The Morgan fingerprint density at radius 2 is 2.14 bits per heavy atom. The minimum absolute atomic E-state index is 0.185. The molecule has 0 spiro atoms. The van der Waals surface area contributed by atoms with Crippen LogP contribution in [0.15, 0.2) is 41.1 Å². The molecule has 0 aliphatic heterocycles. The molecule has 2 heterocycles. The summed E-state index contributed by atoms with van der Waals surface area (Å²) in [7, 11) is 1.81. The van der Waals surface area contributed by atoms with Crippen molar-refractivity contribution in [2.24, 2.45) is 7.05 Å². The molecular formula is C15H13BrN4O. The second-order valence-corrected chi connectivity index (χ2v) is 5.57. The van der Waals surface area contributed by atoms with E-state index in [9.17, 15) is 4.79 Å². The highest BCUT2D eigenvalue weighted by Crippen LogP contribution is 2.28. The van der Waals surface area contributed by atoms with Gasteiger partial charge in [0.05, 0.1) is 23.0 Å². The van der Waals surface area contributed by atoms with Crippen LogP contribution >= 0.6 is 15.9 Å². The number of benzene rings is 1. The number of hydrogen-bond acceptors (Lipinski definition) is 3. The molecule has 0 aliphatic carbocycles. The third-order valence-electron chi connectivity index (χ3n) is 3.44. The molecule has 5 nitrogen and oxygen atoms in total. The molecule has 1 amide bonds. The van der Waals surface area contributed by atoms with Gasteiger partial charge in [-0.15, -0.1) is 0 Å². The summed E-state index contributed by atoms with van der Waals surface area (Å²) in [6.07, 6.45) is 3.28. The fourth-order valence-corrected chi connectivity index (χ4v) is 2.60. The zero-order valence-electron chi connectivity index (χ0n) is 11.6. The first kappa shape index (κ1) is 13.8. The molecule has 1 N–H and O–H groups in total. The van der Waals surface area contributed by atoms with Crippen molar-refractivity contribution in [3.63, 3.8) is 0 Å². The average Bonchev–Trinajstić information content (AvgIpc) is 2.82. The number of nitrogens with zero attached hydrogens (tertiary/aromatic N) is 3. The predicted molar refractivity (Wildman–Crippen MR) is 85.3 cm³/mol. The van der Waals surface area contributed by atoms with Crippen LogP contribution in [0.1, 0.15) is 16.1 Å². The molecule has 0 unspecified atom stereocenters. The number of pyridine rings is 1. The van der Waals surface area contributed by atoms with Crippen molar-refractivity contribution < 1.29 is 4.79 Å². The molecule has 0 radical (unpaired) electrons. The molecule has 0 aliphatic rings. The minimum Gasteiger partial charge on any atom is -0.320 e. The van der Waals surface area contributed by atoms with E-state index in [4.69, 9.17) is 0 Å². The van der Waals surface area contributed by atoms with E-state index in [-0.39, 0.29) is 5.91 Å². The summed E-state index contributed by atoms with van der Waals surface area (Å²) in [6, 6.07) is 7.56. The van der Waals surface area contributed by atoms with E-state index in [1.165, 1.54) is 0 Å². The molecule has 21 heavy (non-hydrogen) atoms. The molecule has 0 bridgehead atoms. The summed E-state index contributed by atoms with van der Waals surface area (Å²) in [6.45, 7) is 1.86. The van der Waals surface area contributed by atoms with E-state index >= 15 is 0 Å². The van der Waals surface area contributed by atoms with Crippen molar-refractivity contribution in [1.29, 1.82) is 0 Å². The summed E-state index contributed by atoms with van der Waals surface area (Å²) in [5.41, 5.74) is 2.81. The van der Waals surface area contributed by atoms with Crippen LogP contribution in [-0.2, 0) is 7.05 Å². The summed E-state index contributed by atoms with van der Waals surface area (Å²) in [4.78, 5) is 16.7. The molecule has 0 fully saturated rings. The number of anilines is 1. The van der Waals surface area contributed by atoms with Gasteiger partial charge in [0, 0.05) is 28.8 Å². The molecule has 2 aromatic heterocycles. The number of aryl methyl sites for hydroxylation is 1. The second-order valence-electron chi connectivity index (χ2n) is 4.72. The third kappa shape index (κ3) is 2.42. The number of carbonyl (C=O) groups is 1. The Hall–Kier alpha value is -2.21. The van der Waals surface area contributed by atoms with E-state index in [0.717, 1.165) is 21.1 Å². The Morgan fingerprint density at radius 1 is 1.33 bits per heavy atom. The smallest absolute Gasteiger partial charge is 0.259 e. The molecule has 106 valence electrons. The lowest BCUT2D eigenvalue weighted by Gasteiger charge is -2.09. The van der Waals surface area contributed by atoms with Crippen molar-refractivity contribution >= 4 is 38.4 Å². The van der Waals surface area contributed by atoms with Gasteiger partial charge in [-0.05, 0) is 25.1 Å². The molecule has 0 saturated heterocycles. The Balaban J connectivity index is 2.01. The van der Waals surface area contributed by atoms with Gasteiger partial charge in [-0.25, -0.2) is 0 Å². The van der Waals surface area contributed by atoms with Crippen LogP contribution in [0.5, 0.6) is 0 Å². The lowest BCUT2D eigenvalue weighted by Crippen LogP contribution is -2.13. The highest BCUT2D eigenvalue weighted by molar-refractivity contribution is 9.10. The van der Waals surface area contributed by atoms with E-state index in [1.807, 2.05) is 38.2 Å². The number of aromatic nitrogens is 3. The fraction of sp³-hybridized carbons (Fsp3) is 0.133. The van der Waals surface area contributed by atoms with Crippen molar-refractivity contribution in [2.45, 2.75) is 6.92 Å². The zero-order chi connectivity index (χ0) is 15.0. The lowest BCUT2D eigenvalue weighted by molar-refractivity contribution is 0.102. The fourth-order valence-electron chi connectivity index (χ4n) is 2.15. The molecule has 3 rings (SSSR count). The van der Waals surface area contributed by atoms with Crippen LogP contribution in [0.4, 0.5) is 5.69 Å². The number of rotatable bonds is 2. The van der Waals surface area contributed by atoms with E-state index < -0.39 is 0 Å². The van der Waals surface area contributed by atoms with Crippen LogP contribution in [0.2, 0.25) is 0 Å². The Labute approximate surface area is 130 Å². The minimum atomic E-state index is -0.185. The first-order chi connectivity index (χ1) is 10.1. The molecule has 3 aromatic rings. The maximum Gasteiger partial charge on any atom is 0.259 e. The number of halogens is 1. The van der Waals surface area contributed by atoms with Crippen LogP contribution in [0.3, 0.4) is 0 Å². The highest BCUT2D eigenvalue weighted by atomic mass is 79.9. The lowest BCUT2D eigenvalue weighted by atomic mass is 10.1. The second kappa shape index (κ2) is 5.29. The van der Waals surface area contributed by atoms with Crippen molar-refractivity contribution in [2.75, 3.05) is 5.32 Å². The summed E-state index contributed by atoms with van der Waals surface area (Å²) < 4.78 is 2.62. The van der Waals surface area contributed by atoms with Gasteiger partial charge in [-0.2, -0.15) is 5.10 Å². The normalized spacial score (nSPS) is 10.8. The van der Waals surface area contributed by atoms with Crippen molar-refractivity contribution in [3.05, 3.63) is 52.4 Å². The van der Waals surface area contributed by atoms with Gasteiger partial charge in [0.1, 0.15) is 0 Å². The molecule has 0 atom stereocenters. The van der Waals surface area contributed by atoms with Gasteiger partial charge in [-0.3, -0.25) is 14.5 Å². The Morgan fingerprint density at radius 3 is 2.86 bits per heavy atom. The third-order valence-corrected chi connectivity index (χ3v) is 4.14. The highest BCUT2D eigenvalue weighted by Gasteiger charge is 2.15. The number of amides is 1. The van der Waals surface area contributed by atoms with Crippen LogP contribution < -0.4 is 5.32 Å². The number of fused-ring (bicyclic) bond motifs is 1. The quantitative estimate of drug-likeness (QED) is 0.775. The molecular weight excluding hydrogens is 332 g/mol. The zero-order valence-corrected chi connectivity index (χ0v) is 13.2. The number of carbonyl (C=O) groups excluding carboxylic acids is 1. The Bertz CT molecular complexity index is 841. The molecule has 1 aromatic carbocycles.